The Labute approximate surface area is 137 Å². The van der Waals surface area contributed by atoms with Crippen molar-refractivity contribution in [3.05, 3.63) is 34.6 Å². The molecule has 1 aliphatic rings. The third kappa shape index (κ3) is 3.99. The quantitative estimate of drug-likeness (QED) is 0.826. The number of carbonyl (C=O) groups is 1. The molecule has 1 heterocycles. The Morgan fingerprint density at radius 3 is 2.50 bits per heavy atom. The molecule has 1 aromatic carbocycles. The Balaban J connectivity index is 1.91. The van der Waals surface area contributed by atoms with E-state index in [-0.39, 0.29) is 17.6 Å². The maximum Gasteiger partial charge on any atom is 0.225 e. The van der Waals surface area contributed by atoms with E-state index in [2.05, 4.69) is 4.90 Å². The third-order valence-electron chi connectivity index (χ3n) is 4.46. The van der Waals surface area contributed by atoms with Gasteiger partial charge in [0.1, 0.15) is 5.82 Å². The highest BCUT2D eigenvalue weighted by molar-refractivity contribution is 6.31. The fourth-order valence-electron chi connectivity index (χ4n) is 3.04. The topological polar surface area (TPSA) is 23.6 Å². The number of benzene rings is 1. The highest BCUT2D eigenvalue weighted by atomic mass is 35.5. The first-order valence-electron chi connectivity index (χ1n) is 8.00. The van der Waals surface area contributed by atoms with Crippen molar-refractivity contribution in [2.75, 3.05) is 26.2 Å². The third-order valence-corrected chi connectivity index (χ3v) is 4.81. The summed E-state index contributed by atoms with van der Waals surface area (Å²) in [6.45, 7) is 7.68. The summed E-state index contributed by atoms with van der Waals surface area (Å²) in [6.07, 6.45) is 1.67. The van der Waals surface area contributed by atoms with Crippen LogP contribution in [-0.4, -0.2) is 41.9 Å². The first kappa shape index (κ1) is 17.2. The van der Waals surface area contributed by atoms with Crippen LogP contribution < -0.4 is 0 Å². The summed E-state index contributed by atoms with van der Waals surface area (Å²) in [5, 5.41) is 0.473. The van der Waals surface area contributed by atoms with Crippen molar-refractivity contribution in [3.63, 3.8) is 0 Å². The zero-order valence-electron chi connectivity index (χ0n) is 13.3. The molecule has 1 amide bonds. The monoisotopic (exact) mass is 326 g/mol. The molecule has 3 nitrogen and oxygen atoms in total. The second-order valence-electron chi connectivity index (χ2n) is 5.76. The minimum absolute atomic E-state index is 0.104. The average molecular weight is 327 g/mol. The highest BCUT2D eigenvalue weighted by Crippen LogP contribution is 2.25. The van der Waals surface area contributed by atoms with Gasteiger partial charge in [-0.1, -0.05) is 17.7 Å². The molecule has 5 heteroatoms. The number of rotatable bonds is 5. The number of hydrogen-bond acceptors (Lipinski definition) is 2. The van der Waals surface area contributed by atoms with Crippen molar-refractivity contribution >= 4 is 17.5 Å². The summed E-state index contributed by atoms with van der Waals surface area (Å²) in [5.41, 5.74) is 0.553. The zero-order valence-corrected chi connectivity index (χ0v) is 14.1. The second kappa shape index (κ2) is 7.93. The van der Waals surface area contributed by atoms with Crippen LogP contribution in [0.15, 0.2) is 18.2 Å². The standard InChI is InChI=1S/C17H24ClFN2O/c1-3-21(4-2)17(22)13-8-10-20(11-9-13)12-14-15(18)6-5-7-16(14)19/h5-7,13H,3-4,8-12H2,1-2H3. The van der Waals surface area contributed by atoms with Gasteiger partial charge in [0.25, 0.3) is 0 Å². The van der Waals surface area contributed by atoms with Crippen molar-refractivity contribution in [1.82, 2.24) is 9.80 Å². The molecule has 0 radical (unpaired) electrons. The van der Waals surface area contributed by atoms with Crippen LogP contribution in [0, 0.1) is 11.7 Å². The fourth-order valence-corrected chi connectivity index (χ4v) is 3.26. The molecule has 1 fully saturated rings. The Hall–Kier alpha value is -1.13. The molecule has 0 unspecified atom stereocenters. The normalized spacial score (nSPS) is 16.7. The Morgan fingerprint density at radius 1 is 1.32 bits per heavy atom. The van der Waals surface area contributed by atoms with E-state index in [0.29, 0.717) is 17.1 Å². The minimum Gasteiger partial charge on any atom is -0.343 e. The van der Waals surface area contributed by atoms with Crippen LogP contribution in [0.4, 0.5) is 4.39 Å². The molecular weight excluding hydrogens is 303 g/mol. The summed E-state index contributed by atoms with van der Waals surface area (Å²) < 4.78 is 13.8. The maximum absolute atomic E-state index is 13.8. The fraction of sp³-hybridized carbons (Fsp3) is 0.588. The van der Waals surface area contributed by atoms with Gasteiger partial charge >= 0.3 is 0 Å². The predicted octanol–water partition coefficient (Wildman–Crippen LogP) is 3.56. The van der Waals surface area contributed by atoms with E-state index in [9.17, 15) is 9.18 Å². The lowest BCUT2D eigenvalue weighted by molar-refractivity contribution is -0.136. The van der Waals surface area contributed by atoms with Crippen LogP contribution in [-0.2, 0) is 11.3 Å². The van der Waals surface area contributed by atoms with E-state index >= 15 is 0 Å². The molecular formula is C17H24ClFN2O. The van der Waals surface area contributed by atoms with Gasteiger partial charge in [0.2, 0.25) is 5.91 Å². The minimum atomic E-state index is -0.256. The molecule has 0 aliphatic carbocycles. The average Bonchev–Trinajstić information content (AvgIpc) is 2.53. The first-order chi connectivity index (χ1) is 10.6. The zero-order chi connectivity index (χ0) is 16.1. The van der Waals surface area contributed by atoms with Crippen molar-refractivity contribution in [1.29, 1.82) is 0 Å². The van der Waals surface area contributed by atoms with Crippen molar-refractivity contribution < 1.29 is 9.18 Å². The van der Waals surface area contributed by atoms with Crippen molar-refractivity contribution in [2.24, 2.45) is 5.92 Å². The smallest absolute Gasteiger partial charge is 0.225 e. The molecule has 0 atom stereocenters. The Bertz CT molecular complexity index is 491. The van der Waals surface area contributed by atoms with Crippen LogP contribution >= 0.6 is 11.6 Å². The molecule has 1 aromatic rings. The van der Waals surface area contributed by atoms with E-state index in [1.165, 1.54) is 6.07 Å². The molecule has 0 aromatic heterocycles. The lowest BCUT2D eigenvalue weighted by atomic mass is 9.95. The van der Waals surface area contributed by atoms with Gasteiger partial charge in [0.15, 0.2) is 0 Å². The Kier molecular flexibility index (Phi) is 6.21. The number of likely N-dealkylation sites (tertiary alicyclic amines) is 1. The van der Waals surface area contributed by atoms with Crippen LogP contribution in [0.3, 0.4) is 0 Å². The molecule has 1 saturated heterocycles. The molecule has 22 heavy (non-hydrogen) atoms. The number of carbonyl (C=O) groups excluding carboxylic acids is 1. The van der Waals surface area contributed by atoms with E-state index in [1.807, 2.05) is 18.7 Å². The molecule has 0 bridgehead atoms. The van der Waals surface area contributed by atoms with E-state index in [4.69, 9.17) is 11.6 Å². The molecule has 2 rings (SSSR count). The summed E-state index contributed by atoms with van der Waals surface area (Å²) in [5.74, 6) is 0.106. The maximum atomic E-state index is 13.8. The number of nitrogens with zero attached hydrogens (tertiary/aromatic N) is 2. The SMILES string of the molecule is CCN(CC)C(=O)C1CCN(Cc2c(F)cccc2Cl)CC1. The summed E-state index contributed by atoms with van der Waals surface area (Å²) in [7, 11) is 0. The van der Waals surface area contributed by atoms with Gasteiger partial charge in [-0.15, -0.1) is 0 Å². The van der Waals surface area contributed by atoms with Crippen LogP contribution in [0.25, 0.3) is 0 Å². The summed E-state index contributed by atoms with van der Waals surface area (Å²) in [6, 6.07) is 4.78. The van der Waals surface area contributed by atoms with Gasteiger partial charge < -0.3 is 4.90 Å². The van der Waals surface area contributed by atoms with E-state index in [1.54, 1.807) is 12.1 Å². The lowest BCUT2D eigenvalue weighted by Crippen LogP contribution is -2.42. The number of halogens is 2. The van der Waals surface area contributed by atoms with Gasteiger partial charge in [-0.3, -0.25) is 9.69 Å². The van der Waals surface area contributed by atoms with Crippen LogP contribution in [0.2, 0.25) is 5.02 Å². The number of hydrogen-bond donors (Lipinski definition) is 0. The summed E-state index contributed by atoms with van der Waals surface area (Å²) in [4.78, 5) is 16.4. The number of piperidine rings is 1. The van der Waals surface area contributed by atoms with Gasteiger partial charge in [0, 0.05) is 36.1 Å². The van der Waals surface area contributed by atoms with Crippen LogP contribution in [0.5, 0.6) is 0 Å². The molecule has 122 valence electrons. The van der Waals surface area contributed by atoms with Gasteiger partial charge in [-0.05, 0) is 51.9 Å². The number of amides is 1. The van der Waals surface area contributed by atoms with Gasteiger partial charge in [-0.25, -0.2) is 4.39 Å². The van der Waals surface area contributed by atoms with Crippen LogP contribution in [0.1, 0.15) is 32.3 Å². The molecule has 0 N–H and O–H groups in total. The van der Waals surface area contributed by atoms with Crippen molar-refractivity contribution in [2.45, 2.75) is 33.2 Å². The molecule has 0 spiro atoms. The van der Waals surface area contributed by atoms with Gasteiger partial charge in [0.05, 0.1) is 0 Å². The van der Waals surface area contributed by atoms with E-state index in [0.717, 1.165) is 39.0 Å². The summed E-state index contributed by atoms with van der Waals surface area (Å²) >= 11 is 6.08. The predicted molar refractivity (Wildman–Crippen MR) is 87.3 cm³/mol. The van der Waals surface area contributed by atoms with E-state index < -0.39 is 0 Å². The second-order valence-corrected chi connectivity index (χ2v) is 6.17. The lowest BCUT2D eigenvalue weighted by Gasteiger charge is -2.33. The Morgan fingerprint density at radius 2 is 1.95 bits per heavy atom. The molecule has 1 aliphatic heterocycles. The molecule has 0 saturated carbocycles. The van der Waals surface area contributed by atoms with Crippen molar-refractivity contribution in [3.8, 4) is 0 Å². The largest absolute Gasteiger partial charge is 0.343 e. The highest BCUT2D eigenvalue weighted by Gasteiger charge is 2.28. The van der Waals surface area contributed by atoms with Gasteiger partial charge in [-0.2, -0.15) is 0 Å². The first-order valence-corrected chi connectivity index (χ1v) is 8.38.